The predicted octanol–water partition coefficient (Wildman–Crippen LogP) is 2.93. The fourth-order valence-electron chi connectivity index (χ4n) is 2.70. The topological polar surface area (TPSA) is 83.4 Å². The van der Waals surface area contributed by atoms with Crippen LogP contribution in [0.4, 0.5) is 21.5 Å². The Morgan fingerprint density at radius 3 is 2.56 bits per heavy atom. The van der Waals surface area contributed by atoms with Crippen LogP contribution in [-0.2, 0) is 17.3 Å². The molecule has 1 heterocycles. The largest absolute Gasteiger partial charge is 0.351 e. The van der Waals surface area contributed by atoms with Crippen molar-refractivity contribution in [1.29, 1.82) is 0 Å². The molecule has 27 heavy (non-hydrogen) atoms. The van der Waals surface area contributed by atoms with Gasteiger partial charge in [0.1, 0.15) is 5.82 Å². The van der Waals surface area contributed by atoms with Gasteiger partial charge in [-0.15, -0.1) is 0 Å². The summed E-state index contributed by atoms with van der Waals surface area (Å²) in [6.07, 6.45) is 3.03. The Hall–Kier alpha value is -1.66. The maximum atomic E-state index is 14.3. The molecule has 0 aliphatic heterocycles. The van der Waals surface area contributed by atoms with Crippen molar-refractivity contribution in [2.24, 2.45) is 7.05 Å². The van der Waals surface area contributed by atoms with Crippen LogP contribution in [0.5, 0.6) is 0 Å². The van der Waals surface area contributed by atoms with Gasteiger partial charge in [0.2, 0.25) is 0 Å². The summed E-state index contributed by atoms with van der Waals surface area (Å²) in [5.41, 5.74) is 0.542. The van der Waals surface area contributed by atoms with E-state index in [9.17, 15) is 17.6 Å². The second-order valence-electron chi connectivity index (χ2n) is 6.56. The lowest BCUT2D eigenvalue weighted by molar-refractivity contribution is 0.469. The molecule has 2 N–H and O–H groups in total. The molecule has 0 bridgehead atoms. The van der Waals surface area contributed by atoms with Crippen LogP contribution in [0, 0.1) is 16.3 Å². The number of anilines is 3. The van der Waals surface area contributed by atoms with Crippen molar-refractivity contribution < 1.29 is 12.8 Å². The highest BCUT2D eigenvalue weighted by Crippen LogP contribution is 2.32. The van der Waals surface area contributed by atoms with Gasteiger partial charge in [-0.25, -0.2) is 4.39 Å². The molecule has 1 aliphatic carbocycles. The molecule has 0 radical (unpaired) electrons. The molecule has 146 valence electrons. The summed E-state index contributed by atoms with van der Waals surface area (Å²) in [6.45, 7) is 1.57. The number of aromatic nitrogens is 1. The van der Waals surface area contributed by atoms with Gasteiger partial charge in [-0.1, -0.05) is 0 Å². The van der Waals surface area contributed by atoms with Crippen molar-refractivity contribution in [3.8, 4) is 0 Å². The Morgan fingerprint density at radius 1 is 1.30 bits per heavy atom. The monoisotopic (exact) mass is 506 g/mol. The molecule has 1 saturated carbocycles. The van der Waals surface area contributed by atoms with Crippen molar-refractivity contribution in [1.82, 2.24) is 8.87 Å². The molecule has 3 rings (SSSR count). The van der Waals surface area contributed by atoms with Crippen molar-refractivity contribution in [3.63, 3.8) is 0 Å². The van der Waals surface area contributed by atoms with Crippen LogP contribution >= 0.6 is 22.6 Å². The van der Waals surface area contributed by atoms with Crippen LogP contribution in [0.3, 0.4) is 0 Å². The molecule has 1 aromatic carbocycles. The maximum Gasteiger partial charge on any atom is 0.301 e. The minimum Gasteiger partial charge on any atom is -0.351 e. The molecule has 0 spiro atoms. The van der Waals surface area contributed by atoms with E-state index < -0.39 is 16.0 Å². The highest BCUT2D eigenvalue weighted by Gasteiger charge is 2.34. The third-order valence-electron chi connectivity index (χ3n) is 4.48. The molecular formula is C17H20FIN4O3S. The van der Waals surface area contributed by atoms with E-state index in [0.29, 0.717) is 0 Å². The lowest BCUT2D eigenvalue weighted by atomic mass is 10.2. The lowest BCUT2D eigenvalue weighted by Gasteiger charge is -2.21. The molecule has 0 atom stereocenters. The second-order valence-corrected chi connectivity index (χ2v) is 9.54. The van der Waals surface area contributed by atoms with E-state index in [4.69, 9.17) is 0 Å². The number of nitrogens with zero attached hydrogens (tertiary/aromatic N) is 2. The third-order valence-corrected chi connectivity index (χ3v) is 6.68. The normalized spacial score (nSPS) is 14.4. The summed E-state index contributed by atoms with van der Waals surface area (Å²) in [5.74, 6) is -0.495. The first kappa shape index (κ1) is 20.1. The summed E-state index contributed by atoms with van der Waals surface area (Å²) >= 11 is 1.99. The van der Waals surface area contributed by atoms with Crippen LogP contribution in [0.15, 0.2) is 29.2 Å². The zero-order valence-electron chi connectivity index (χ0n) is 15.1. The Morgan fingerprint density at radius 2 is 1.96 bits per heavy atom. The number of pyridine rings is 1. The molecule has 10 heteroatoms. The van der Waals surface area contributed by atoms with E-state index in [0.717, 1.165) is 16.4 Å². The zero-order valence-corrected chi connectivity index (χ0v) is 18.1. The van der Waals surface area contributed by atoms with Crippen molar-refractivity contribution in [2.75, 3.05) is 17.1 Å². The van der Waals surface area contributed by atoms with Crippen LogP contribution in [-0.4, -0.2) is 30.4 Å². The number of aryl methyl sites for hydroxylation is 1. The summed E-state index contributed by atoms with van der Waals surface area (Å²) in [6, 6.07) is 4.60. The number of hydrogen-bond donors (Lipinski definition) is 2. The van der Waals surface area contributed by atoms with Gasteiger partial charge in [-0.2, -0.15) is 12.7 Å². The van der Waals surface area contributed by atoms with Gasteiger partial charge in [-0.3, -0.25) is 9.52 Å². The minimum atomic E-state index is -3.80. The van der Waals surface area contributed by atoms with E-state index in [2.05, 4.69) is 10.0 Å². The van der Waals surface area contributed by atoms with E-state index in [-0.39, 0.29) is 34.2 Å². The van der Waals surface area contributed by atoms with Gasteiger partial charge in [0.05, 0.1) is 17.1 Å². The van der Waals surface area contributed by atoms with Gasteiger partial charge < -0.3 is 9.88 Å². The van der Waals surface area contributed by atoms with Gasteiger partial charge in [0, 0.05) is 35.5 Å². The smallest absolute Gasteiger partial charge is 0.301 e. The van der Waals surface area contributed by atoms with Gasteiger partial charge in [0.15, 0.2) is 0 Å². The van der Waals surface area contributed by atoms with Crippen molar-refractivity contribution in [3.05, 3.63) is 49.7 Å². The highest BCUT2D eigenvalue weighted by atomic mass is 127. The first-order valence-corrected chi connectivity index (χ1v) is 10.8. The zero-order chi connectivity index (χ0) is 19.9. The molecule has 2 aromatic rings. The molecule has 1 aromatic heterocycles. The fraction of sp³-hybridized carbons (Fsp3) is 0.353. The lowest BCUT2D eigenvalue weighted by Crippen LogP contribution is -2.35. The molecule has 0 unspecified atom stereocenters. The third kappa shape index (κ3) is 4.27. The second kappa shape index (κ2) is 7.40. The number of hydrogen-bond acceptors (Lipinski definition) is 4. The molecule has 0 amide bonds. The Bertz CT molecular complexity index is 1050. The standard InChI is InChI=1S/C17H20FIN4O3S/c1-10-16(20-14-7-4-11(19)8-13(14)18)15(9-22(2)17(10)24)21-27(25,26)23(3)12-5-6-12/h4,7-9,12,20-21H,5-6H2,1-3H3. The van der Waals surface area contributed by atoms with Crippen LogP contribution in [0.2, 0.25) is 0 Å². The molecular weight excluding hydrogens is 486 g/mol. The summed E-state index contributed by atoms with van der Waals surface area (Å²) in [7, 11) is -0.746. The first-order valence-electron chi connectivity index (χ1n) is 8.28. The Balaban J connectivity index is 2.04. The van der Waals surface area contributed by atoms with Gasteiger partial charge in [-0.05, 0) is 60.6 Å². The Labute approximate surface area is 170 Å². The summed E-state index contributed by atoms with van der Waals surface area (Å²) in [4.78, 5) is 12.3. The number of halogens is 2. The van der Waals surface area contributed by atoms with Gasteiger partial charge >= 0.3 is 10.2 Å². The minimum absolute atomic E-state index is 0.0128. The number of benzene rings is 1. The van der Waals surface area contributed by atoms with Crippen LogP contribution < -0.4 is 15.6 Å². The van der Waals surface area contributed by atoms with E-state index >= 15 is 0 Å². The summed E-state index contributed by atoms with van der Waals surface area (Å²) < 4.78 is 45.3. The van der Waals surface area contributed by atoms with E-state index in [1.54, 1.807) is 19.1 Å². The SMILES string of the molecule is Cc1c(Nc2ccc(I)cc2F)c(NS(=O)(=O)N(C)C2CC2)cn(C)c1=O. The molecule has 0 saturated heterocycles. The highest BCUT2D eigenvalue weighted by molar-refractivity contribution is 14.1. The maximum absolute atomic E-state index is 14.3. The number of rotatable bonds is 6. The van der Waals surface area contributed by atoms with Crippen LogP contribution in [0.1, 0.15) is 18.4 Å². The number of nitrogens with one attached hydrogen (secondary N) is 2. The van der Waals surface area contributed by atoms with Crippen molar-refractivity contribution in [2.45, 2.75) is 25.8 Å². The first-order chi connectivity index (χ1) is 12.6. The van der Waals surface area contributed by atoms with Crippen molar-refractivity contribution >= 4 is 49.9 Å². The summed E-state index contributed by atoms with van der Waals surface area (Å²) in [5, 5.41) is 2.87. The van der Waals surface area contributed by atoms with Crippen LogP contribution in [0.25, 0.3) is 0 Å². The molecule has 1 aliphatic rings. The van der Waals surface area contributed by atoms with Gasteiger partial charge in [0.25, 0.3) is 5.56 Å². The predicted molar refractivity (Wildman–Crippen MR) is 112 cm³/mol. The Kier molecular flexibility index (Phi) is 5.50. The van der Waals surface area contributed by atoms with E-state index in [1.807, 2.05) is 22.6 Å². The average molecular weight is 506 g/mol. The quantitative estimate of drug-likeness (QED) is 0.591. The molecule has 1 fully saturated rings. The average Bonchev–Trinajstić information content (AvgIpc) is 3.42. The fourth-order valence-corrected chi connectivity index (χ4v) is 4.33. The molecule has 7 nitrogen and oxygen atoms in total. The van der Waals surface area contributed by atoms with E-state index in [1.165, 1.54) is 35.2 Å².